The standard InChI is InChI=1S/C18H16N2O5S.Na/c19-12-3-1-5-14(9-12)24-16-7-8-18(26(21,22)23)17(11-16)25-15-6-2-4-13(20)10-15;/h1-11H,19-20H2,(H,21,22,23);/q;+1/p-1. The van der Waals surface area contributed by atoms with E-state index in [1.165, 1.54) is 18.2 Å². The number of ether oxygens (including phenoxy) is 2. The van der Waals surface area contributed by atoms with Crippen molar-refractivity contribution in [3.8, 4) is 23.0 Å². The van der Waals surface area contributed by atoms with Gasteiger partial charge >= 0.3 is 29.6 Å². The van der Waals surface area contributed by atoms with Crippen LogP contribution in [0.5, 0.6) is 23.0 Å². The van der Waals surface area contributed by atoms with E-state index < -0.39 is 15.0 Å². The number of benzene rings is 3. The Morgan fingerprint density at radius 1 is 0.741 bits per heavy atom. The molecule has 0 saturated heterocycles. The van der Waals surface area contributed by atoms with Gasteiger partial charge < -0.3 is 25.5 Å². The van der Waals surface area contributed by atoms with Crippen LogP contribution in [0.3, 0.4) is 0 Å². The van der Waals surface area contributed by atoms with E-state index in [9.17, 15) is 13.0 Å². The molecular formula is C18H15N2NaO5S. The molecule has 9 heteroatoms. The van der Waals surface area contributed by atoms with Gasteiger partial charge in [-0.3, -0.25) is 0 Å². The van der Waals surface area contributed by atoms with Crippen molar-refractivity contribution < 1.29 is 52.0 Å². The van der Waals surface area contributed by atoms with E-state index >= 15 is 0 Å². The summed E-state index contributed by atoms with van der Waals surface area (Å²) in [5.41, 5.74) is 12.3. The summed E-state index contributed by atoms with van der Waals surface area (Å²) in [6, 6.07) is 16.9. The fraction of sp³-hybridized carbons (Fsp3) is 0. The molecule has 27 heavy (non-hydrogen) atoms. The predicted octanol–water partition coefficient (Wildman–Crippen LogP) is 0.344. The summed E-state index contributed by atoms with van der Waals surface area (Å²) in [4.78, 5) is -0.500. The third kappa shape index (κ3) is 5.62. The second-order valence-corrected chi connectivity index (χ2v) is 6.76. The Labute approximate surface area is 178 Å². The van der Waals surface area contributed by atoms with Gasteiger partial charge in [-0.2, -0.15) is 0 Å². The largest absolute Gasteiger partial charge is 1.00 e. The molecule has 4 N–H and O–H groups in total. The van der Waals surface area contributed by atoms with E-state index in [2.05, 4.69) is 0 Å². The molecule has 0 aliphatic carbocycles. The van der Waals surface area contributed by atoms with Gasteiger partial charge in [-0.1, -0.05) is 12.1 Å². The summed E-state index contributed by atoms with van der Waals surface area (Å²) in [6.07, 6.45) is 0. The van der Waals surface area contributed by atoms with Gasteiger partial charge in [0.25, 0.3) is 0 Å². The molecule has 0 radical (unpaired) electrons. The first-order valence-electron chi connectivity index (χ1n) is 7.48. The molecule has 0 saturated carbocycles. The van der Waals surface area contributed by atoms with Crippen LogP contribution in [-0.4, -0.2) is 13.0 Å². The minimum absolute atomic E-state index is 0. The van der Waals surface area contributed by atoms with E-state index in [-0.39, 0.29) is 46.8 Å². The second kappa shape index (κ2) is 8.64. The Bertz CT molecular complexity index is 1060. The molecule has 134 valence electrons. The van der Waals surface area contributed by atoms with Gasteiger partial charge in [-0.15, -0.1) is 0 Å². The topological polar surface area (TPSA) is 128 Å². The zero-order chi connectivity index (χ0) is 18.7. The van der Waals surface area contributed by atoms with E-state index in [0.29, 0.717) is 17.1 Å². The van der Waals surface area contributed by atoms with Crippen LogP contribution in [-0.2, 0) is 10.1 Å². The van der Waals surface area contributed by atoms with Gasteiger partial charge in [-0.25, -0.2) is 8.42 Å². The zero-order valence-electron chi connectivity index (χ0n) is 14.5. The van der Waals surface area contributed by atoms with Crippen LogP contribution in [0.4, 0.5) is 11.4 Å². The van der Waals surface area contributed by atoms with Crippen LogP contribution in [0.2, 0.25) is 0 Å². The predicted molar refractivity (Wildman–Crippen MR) is 96.3 cm³/mol. The van der Waals surface area contributed by atoms with Crippen molar-refractivity contribution in [1.82, 2.24) is 0 Å². The zero-order valence-corrected chi connectivity index (χ0v) is 17.3. The van der Waals surface area contributed by atoms with E-state index in [1.807, 2.05) is 0 Å². The van der Waals surface area contributed by atoms with Gasteiger partial charge in [0, 0.05) is 29.6 Å². The number of nitrogen functional groups attached to an aromatic ring is 2. The van der Waals surface area contributed by atoms with Gasteiger partial charge in [0.1, 0.15) is 33.1 Å². The SMILES string of the molecule is Nc1cccc(Oc2ccc(S(=O)(=O)[O-])c(Oc3cccc(N)c3)c2)c1.[Na+]. The van der Waals surface area contributed by atoms with Gasteiger partial charge in [-0.05, 0) is 36.4 Å². The van der Waals surface area contributed by atoms with Gasteiger partial charge in [0.2, 0.25) is 0 Å². The molecule has 3 rings (SSSR count). The van der Waals surface area contributed by atoms with Crippen LogP contribution in [0.1, 0.15) is 0 Å². The minimum Gasteiger partial charge on any atom is -0.744 e. The van der Waals surface area contributed by atoms with Gasteiger partial charge in [0.15, 0.2) is 0 Å². The number of hydrogen-bond acceptors (Lipinski definition) is 7. The van der Waals surface area contributed by atoms with Crippen molar-refractivity contribution in [1.29, 1.82) is 0 Å². The van der Waals surface area contributed by atoms with Crippen molar-refractivity contribution in [2.24, 2.45) is 0 Å². The fourth-order valence-electron chi connectivity index (χ4n) is 2.26. The summed E-state index contributed by atoms with van der Waals surface area (Å²) in [6.45, 7) is 0. The number of hydrogen-bond donors (Lipinski definition) is 2. The molecule has 0 unspecified atom stereocenters. The van der Waals surface area contributed by atoms with Crippen molar-refractivity contribution in [3.63, 3.8) is 0 Å². The van der Waals surface area contributed by atoms with Crippen LogP contribution in [0, 0.1) is 0 Å². The monoisotopic (exact) mass is 394 g/mol. The Balaban J connectivity index is 0.00000261. The molecule has 0 atom stereocenters. The number of nitrogens with two attached hydrogens (primary N) is 2. The molecule has 0 fully saturated rings. The minimum atomic E-state index is -4.74. The first-order valence-corrected chi connectivity index (χ1v) is 8.89. The van der Waals surface area contributed by atoms with Gasteiger partial charge in [0.05, 0.1) is 4.90 Å². The molecule has 0 bridgehead atoms. The molecule has 3 aromatic carbocycles. The average molecular weight is 394 g/mol. The Morgan fingerprint density at radius 3 is 1.78 bits per heavy atom. The molecule has 0 aromatic heterocycles. The molecule has 0 spiro atoms. The average Bonchev–Trinajstić information content (AvgIpc) is 2.54. The van der Waals surface area contributed by atoms with Crippen LogP contribution in [0.15, 0.2) is 71.6 Å². The maximum Gasteiger partial charge on any atom is 1.00 e. The molecular weight excluding hydrogens is 379 g/mol. The maximum atomic E-state index is 11.5. The third-order valence-electron chi connectivity index (χ3n) is 3.36. The Hall–Kier alpha value is -2.23. The first kappa shape index (κ1) is 21.1. The molecule has 0 heterocycles. The second-order valence-electron chi connectivity index (χ2n) is 5.41. The molecule has 3 aromatic rings. The maximum absolute atomic E-state index is 11.5. The van der Waals surface area contributed by atoms with Crippen LogP contribution >= 0.6 is 0 Å². The normalized spacial score (nSPS) is 10.7. The quantitative estimate of drug-likeness (QED) is 0.363. The van der Waals surface area contributed by atoms with Crippen molar-refractivity contribution >= 4 is 21.5 Å². The summed E-state index contributed by atoms with van der Waals surface area (Å²) < 4.78 is 45.7. The summed E-state index contributed by atoms with van der Waals surface area (Å²) in [7, 11) is -4.74. The number of anilines is 2. The summed E-state index contributed by atoms with van der Waals surface area (Å²) in [5, 5.41) is 0. The van der Waals surface area contributed by atoms with E-state index in [0.717, 1.165) is 6.07 Å². The molecule has 0 amide bonds. The third-order valence-corrected chi connectivity index (χ3v) is 4.24. The smallest absolute Gasteiger partial charge is 0.744 e. The summed E-state index contributed by atoms with van der Waals surface area (Å²) in [5.74, 6) is 0.863. The Morgan fingerprint density at radius 2 is 1.26 bits per heavy atom. The number of rotatable bonds is 5. The first-order chi connectivity index (χ1) is 12.3. The van der Waals surface area contributed by atoms with E-state index in [4.69, 9.17) is 20.9 Å². The van der Waals surface area contributed by atoms with Crippen molar-refractivity contribution in [3.05, 3.63) is 66.7 Å². The molecule has 0 aliphatic rings. The fourth-order valence-corrected chi connectivity index (χ4v) is 2.84. The Kier molecular flexibility index (Phi) is 6.74. The van der Waals surface area contributed by atoms with Crippen LogP contribution < -0.4 is 50.5 Å². The summed E-state index contributed by atoms with van der Waals surface area (Å²) >= 11 is 0. The van der Waals surface area contributed by atoms with E-state index in [1.54, 1.807) is 42.5 Å². The van der Waals surface area contributed by atoms with Crippen molar-refractivity contribution in [2.45, 2.75) is 4.90 Å². The molecule has 0 aliphatic heterocycles. The van der Waals surface area contributed by atoms with Crippen molar-refractivity contribution in [2.75, 3.05) is 11.5 Å². The molecule has 7 nitrogen and oxygen atoms in total. The van der Waals surface area contributed by atoms with Crippen LogP contribution in [0.25, 0.3) is 0 Å².